The largest absolute Gasteiger partial charge is 0.381 e. The maximum absolute atomic E-state index is 13.6. The van der Waals surface area contributed by atoms with Gasteiger partial charge in [-0.25, -0.2) is 0 Å². The van der Waals surface area contributed by atoms with Crippen LogP contribution in [0.2, 0.25) is 0 Å². The van der Waals surface area contributed by atoms with Crippen LogP contribution in [0, 0.1) is 5.41 Å². The highest BCUT2D eigenvalue weighted by Gasteiger charge is 2.65. The van der Waals surface area contributed by atoms with Crippen LogP contribution >= 0.6 is 0 Å². The fourth-order valence-corrected chi connectivity index (χ4v) is 5.31. The third-order valence-corrected chi connectivity index (χ3v) is 6.94. The van der Waals surface area contributed by atoms with E-state index >= 15 is 0 Å². The molecule has 1 aromatic rings. The number of likely N-dealkylation sites (N-methyl/N-ethyl adjacent to an activating group) is 1. The summed E-state index contributed by atoms with van der Waals surface area (Å²) in [4.78, 5) is 20.4. The Balaban J connectivity index is 1.90. The minimum Gasteiger partial charge on any atom is -0.381 e. The van der Waals surface area contributed by atoms with Crippen molar-refractivity contribution in [3.05, 3.63) is 41.5 Å². The van der Waals surface area contributed by atoms with Crippen molar-refractivity contribution < 1.29 is 9.53 Å². The Morgan fingerprint density at radius 1 is 1.35 bits per heavy atom. The molecule has 1 amide bonds. The number of fused-ring (bicyclic) bond motifs is 3. The minimum absolute atomic E-state index is 0.128. The standard InChI is InChI=1S/C22H28N2O2/c1-14(2)16-6-7-17-13-21(10-8-18(26-5)9-11-21)22(19(17)12-16)20(25)24(4)15(3)23-22/h6-7,12,18H,1,8-11,13H2,2-5H3. The van der Waals surface area contributed by atoms with Crippen molar-refractivity contribution in [1.29, 1.82) is 0 Å². The zero-order valence-electron chi connectivity index (χ0n) is 16.3. The van der Waals surface area contributed by atoms with E-state index in [4.69, 9.17) is 9.73 Å². The topological polar surface area (TPSA) is 41.9 Å². The van der Waals surface area contributed by atoms with Gasteiger partial charge in [0.15, 0.2) is 5.54 Å². The van der Waals surface area contributed by atoms with Crippen LogP contribution in [0.25, 0.3) is 5.57 Å². The Hall–Kier alpha value is -1.94. The summed E-state index contributed by atoms with van der Waals surface area (Å²) in [6.07, 6.45) is 5.14. The molecule has 4 rings (SSSR count). The van der Waals surface area contributed by atoms with E-state index in [0.717, 1.165) is 54.6 Å². The summed E-state index contributed by atoms with van der Waals surface area (Å²) >= 11 is 0. The first-order chi connectivity index (χ1) is 12.3. The molecule has 2 aliphatic carbocycles. The van der Waals surface area contributed by atoms with Gasteiger partial charge in [-0.1, -0.05) is 24.3 Å². The number of amides is 1. The fourth-order valence-electron chi connectivity index (χ4n) is 5.31. The number of benzene rings is 1. The predicted molar refractivity (Wildman–Crippen MR) is 104 cm³/mol. The lowest BCUT2D eigenvalue weighted by Gasteiger charge is -2.45. The van der Waals surface area contributed by atoms with E-state index in [1.807, 2.05) is 20.9 Å². The molecule has 138 valence electrons. The van der Waals surface area contributed by atoms with Crippen LogP contribution in [0.1, 0.15) is 56.2 Å². The predicted octanol–water partition coefficient (Wildman–Crippen LogP) is 3.94. The van der Waals surface area contributed by atoms with Crippen LogP contribution in [0.15, 0.2) is 29.8 Å². The summed E-state index contributed by atoms with van der Waals surface area (Å²) in [5.74, 6) is 0.945. The van der Waals surface area contributed by atoms with Gasteiger partial charge in [0.25, 0.3) is 5.91 Å². The SMILES string of the molecule is C=C(C)c1ccc2c(c1)C1(N=C(C)N(C)C1=O)C1(CCC(OC)CC1)C2. The van der Waals surface area contributed by atoms with E-state index < -0.39 is 5.54 Å². The summed E-state index contributed by atoms with van der Waals surface area (Å²) in [6, 6.07) is 6.49. The zero-order chi connectivity index (χ0) is 18.7. The smallest absolute Gasteiger partial charge is 0.260 e. The highest BCUT2D eigenvalue weighted by Crippen LogP contribution is 2.62. The Morgan fingerprint density at radius 2 is 2.04 bits per heavy atom. The number of carbonyl (C=O) groups is 1. The lowest BCUT2D eigenvalue weighted by molar-refractivity contribution is -0.137. The Labute approximate surface area is 155 Å². The molecule has 4 heteroatoms. The number of aliphatic imine (C=N–C) groups is 1. The minimum atomic E-state index is -0.772. The molecule has 0 bridgehead atoms. The van der Waals surface area contributed by atoms with Gasteiger partial charge in [0.2, 0.25) is 0 Å². The molecule has 2 spiro atoms. The summed E-state index contributed by atoms with van der Waals surface area (Å²) in [7, 11) is 3.64. The lowest BCUT2D eigenvalue weighted by atomic mass is 9.61. The van der Waals surface area contributed by atoms with Crippen LogP contribution in [0.4, 0.5) is 0 Å². The van der Waals surface area contributed by atoms with Crippen LogP contribution < -0.4 is 0 Å². The number of methoxy groups -OCH3 is 1. The first-order valence-electron chi connectivity index (χ1n) is 9.51. The Morgan fingerprint density at radius 3 is 2.58 bits per heavy atom. The first kappa shape index (κ1) is 17.5. The Bertz CT molecular complexity index is 817. The average molecular weight is 352 g/mol. The molecular weight excluding hydrogens is 324 g/mol. The summed E-state index contributed by atoms with van der Waals surface area (Å²) < 4.78 is 5.60. The molecular formula is C22H28N2O2. The van der Waals surface area contributed by atoms with E-state index in [1.54, 1.807) is 12.0 Å². The van der Waals surface area contributed by atoms with E-state index in [1.165, 1.54) is 5.56 Å². The van der Waals surface area contributed by atoms with Crippen LogP contribution in [0.5, 0.6) is 0 Å². The number of ether oxygens (including phenoxy) is 1. The number of allylic oxidation sites excluding steroid dienone is 1. The number of hydrogen-bond acceptors (Lipinski definition) is 3. The molecule has 1 fully saturated rings. The molecule has 1 aliphatic heterocycles. The highest BCUT2D eigenvalue weighted by atomic mass is 16.5. The van der Waals surface area contributed by atoms with Gasteiger partial charge in [-0.05, 0) is 68.7 Å². The molecule has 0 radical (unpaired) electrons. The summed E-state index contributed by atoms with van der Waals surface area (Å²) in [5.41, 5.74) is 3.58. The number of amidine groups is 1. The molecule has 1 atom stereocenters. The number of nitrogens with zero attached hydrogens (tertiary/aromatic N) is 2. The van der Waals surface area contributed by atoms with Gasteiger partial charge in [0, 0.05) is 19.6 Å². The van der Waals surface area contributed by atoms with Gasteiger partial charge < -0.3 is 9.64 Å². The number of rotatable bonds is 2. The molecule has 0 saturated heterocycles. The van der Waals surface area contributed by atoms with Gasteiger partial charge in [-0.3, -0.25) is 9.79 Å². The monoisotopic (exact) mass is 352 g/mol. The molecule has 26 heavy (non-hydrogen) atoms. The second-order valence-electron chi connectivity index (χ2n) is 8.28. The molecule has 0 aromatic heterocycles. The van der Waals surface area contributed by atoms with Crippen molar-refractivity contribution in [1.82, 2.24) is 4.90 Å². The second kappa shape index (κ2) is 5.78. The van der Waals surface area contributed by atoms with Crippen molar-refractivity contribution >= 4 is 17.3 Å². The number of carbonyl (C=O) groups excluding carboxylic acids is 1. The molecule has 4 nitrogen and oxygen atoms in total. The van der Waals surface area contributed by atoms with Gasteiger partial charge in [-0.2, -0.15) is 0 Å². The summed E-state index contributed by atoms with van der Waals surface area (Å²) in [6.45, 7) is 8.05. The van der Waals surface area contributed by atoms with E-state index in [0.29, 0.717) is 6.10 Å². The molecule has 1 unspecified atom stereocenters. The van der Waals surface area contributed by atoms with E-state index in [9.17, 15) is 4.79 Å². The third-order valence-electron chi connectivity index (χ3n) is 6.94. The lowest BCUT2D eigenvalue weighted by Crippen LogP contribution is -2.51. The van der Waals surface area contributed by atoms with Crippen LogP contribution in [-0.2, 0) is 21.5 Å². The fraction of sp³-hybridized carbons (Fsp3) is 0.545. The van der Waals surface area contributed by atoms with E-state index in [-0.39, 0.29) is 11.3 Å². The van der Waals surface area contributed by atoms with Crippen molar-refractivity contribution in [3.8, 4) is 0 Å². The normalized spacial score (nSPS) is 33.1. The zero-order valence-corrected chi connectivity index (χ0v) is 16.3. The first-order valence-corrected chi connectivity index (χ1v) is 9.51. The van der Waals surface area contributed by atoms with Gasteiger partial charge >= 0.3 is 0 Å². The Kier molecular flexibility index (Phi) is 3.88. The van der Waals surface area contributed by atoms with Crippen LogP contribution in [-0.4, -0.2) is 36.9 Å². The third kappa shape index (κ3) is 2.11. The molecule has 3 aliphatic rings. The highest BCUT2D eigenvalue weighted by molar-refractivity contribution is 6.08. The van der Waals surface area contributed by atoms with Crippen molar-refractivity contribution in [2.45, 2.75) is 57.6 Å². The molecule has 1 heterocycles. The van der Waals surface area contributed by atoms with Gasteiger partial charge in [-0.15, -0.1) is 0 Å². The van der Waals surface area contributed by atoms with Gasteiger partial charge in [0.05, 0.1) is 6.10 Å². The number of hydrogen-bond donors (Lipinski definition) is 0. The molecule has 1 aromatic carbocycles. The second-order valence-corrected chi connectivity index (χ2v) is 8.28. The van der Waals surface area contributed by atoms with Crippen LogP contribution in [0.3, 0.4) is 0 Å². The maximum atomic E-state index is 13.6. The average Bonchev–Trinajstić information content (AvgIpc) is 3.03. The summed E-state index contributed by atoms with van der Waals surface area (Å²) in [5, 5.41) is 0. The molecule has 0 N–H and O–H groups in total. The maximum Gasteiger partial charge on any atom is 0.260 e. The van der Waals surface area contributed by atoms with Crippen molar-refractivity contribution in [2.75, 3.05) is 14.2 Å². The van der Waals surface area contributed by atoms with Gasteiger partial charge in [0.1, 0.15) is 5.84 Å². The van der Waals surface area contributed by atoms with Crippen molar-refractivity contribution in [2.24, 2.45) is 10.4 Å². The molecule has 1 saturated carbocycles. The van der Waals surface area contributed by atoms with Crippen molar-refractivity contribution in [3.63, 3.8) is 0 Å². The quantitative estimate of drug-likeness (QED) is 0.809. The van der Waals surface area contributed by atoms with E-state index in [2.05, 4.69) is 24.8 Å².